The highest BCUT2D eigenvalue weighted by molar-refractivity contribution is 5.69. The Bertz CT molecular complexity index is 1090. The van der Waals surface area contributed by atoms with E-state index in [0.717, 1.165) is 31.2 Å². The van der Waals surface area contributed by atoms with Crippen LogP contribution >= 0.6 is 0 Å². The number of aryl methyl sites for hydroxylation is 1. The third-order valence-corrected chi connectivity index (χ3v) is 6.21. The van der Waals surface area contributed by atoms with Gasteiger partial charge < -0.3 is 14.2 Å². The summed E-state index contributed by atoms with van der Waals surface area (Å²) >= 11 is 0. The molecule has 3 aromatic carbocycles. The van der Waals surface area contributed by atoms with Crippen LogP contribution in [0.4, 0.5) is 4.79 Å². The minimum absolute atomic E-state index is 0.117. The maximum atomic E-state index is 12.2. The molecule has 5 nitrogen and oxygen atoms in total. The third-order valence-electron chi connectivity index (χ3n) is 6.21. The highest BCUT2D eigenvalue weighted by atomic mass is 16.7. The van der Waals surface area contributed by atoms with Crippen LogP contribution in [0.2, 0.25) is 0 Å². The Labute approximate surface area is 194 Å². The van der Waals surface area contributed by atoms with E-state index in [2.05, 4.69) is 0 Å². The molecule has 5 heteroatoms. The minimum Gasteiger partial charge on any atom is -0.427 e. The zero-order valence-corrected chi connectivity index (χ0v) is 19.0. The van der Waals surface area contributed by atoms with E-state index in [1.165, 1.54) is 24.5 Å². The molecule has 4 rings (SSSR count). The van der Waals surface area contributed by atoms with Gasteiger partial charge in [-0.2, -0.15) is 0 Å². The van der Waals surface area contributed by atoms with Crippen LogP contribution in [0.15, 0.2) is 72.8 Å². The van der Waals surface area contributed by atoms with Gasteiger partial charge in [0.25, 0.3) is 0 Å². The smallest absolute Gasteiger partial charge is 0.427 e. The minimum atomic E-state index is -0.764. The number of rotatable bonds is 5. The molecule has 0 unspecified atom stereocenters. The lowest BCUT2D eigenvalue weighted by Gasteiger charge is -2.38. The fourth-order valence-corrected chi connectivity index (χ4v) is 4.57. The maximum absolute atomic E-state index is 12.2. The number of ether oxygens (including phenoxy) is 3. The molecule has 0 atom stereocenters. The summed E-state index contributed by atoms with van der Waals surface area (Å²) in [6, 6.07) is 22.7. The summed E-state index contributed by atoms with van der Waals surface area (Å²) in [6.07, 6.45) is 4.82. The van der Waals surface area contributed by atoms with Crippen LogP contribution in [-0.4, -0.2) is 12.1 Å². The number of carbonyl (C=O) groups excluding carboxylic acids is 2. The van der Waals surface area contributed by atoms with Crippen molar-refractivity contribution in [3.63, 3.8) is 0 Å². The first-order valence-corrected chi connectivity index (χ1v) is 11.3. The lowest BCUT2D eigenvalue weighted by Crippen LogP contribution is -2.30. The van der Waals surface area contributed by atoms with Crippen molar-refractivity contribution in [1.82, 2.24) is 0 Å². The van der Waals surface area contributed by atoms with Crippen molar-refractivity contribution in [2.75, 3.05) is 0 Å². The van der Waals surface area contributed by atoms with E-state index in [9.17, 15) is 9.59 Å². The van der Waals surface area contributed by atoms with E-state index in [-0.39, 0.29) is 11.4 Å². The number of carbonyl (C=O) groups is 2. The topological polar surface area (TPSA) is 61.8 Å². The van der Waals surface area contributed by atoms with Gasteiger partial charge >= 0.3 is 12.1 Å². The van der Waals surface area contributed by atoms with Gasteiger partial charge in [-0.1, -0.05) is 61.2 Å². The quantitative estimate of drug-likeness (QED) is 0.247. The van der Waals surface area contributed by atoms with Crippen LogP contribution in [0.25, 0.3) is 0 Å². The summed E-state index contributed by atoms with van der Waals surface area (Å²) < 4.78 is 15.8. The summed E-state index contributed by atoms with van der Waals surface area (Å²) in [4.78, 5) is 23.4. The second-order valence-electron chi connectivity index (χ2n) is 8.55. The van der Waals surface area contributed by atoms with Crippen molar-refractivity contribution >= 4 is 12.1 Å². The van der Waals surface area contributed by atoms with Gasteiger partial charge in [0.2, 0.25) is 0 Å². The molecule has 0 bridgehead atoms. The molecule has 0 heterocycles. The standard InChI is InChI=1S/C28H28O5/c1-20-6-12-25(13-7-20)32-27(30)33-26-16-10-23(11-17-26)28(18-4-3-5-19-28)22-8-14-24(15-9-22)31-21(2)29/h6-17H,3-5,18-19H2,1-2H3. The Morgan fingerprint density at radius 1 is 0.636 bits per heavy atom. The Kier molecular flexibility index (Phi) is 6.78. The molecule has 0 aromatic heterocycles. The number of esters is 1. The molecular weight excluding hydrogens is 416 g/mol. The van der Waals surface area contributed by atoms with Crippen LogP contribution in [0.1, 0.15) is 55.7 Å². The molecule has 1 aliphatic rings. The first kappa shape index (κ1) is 22.6. The summed E-state index contributed by atoms with van der Waals surface area (Å²) in [6.45, 7) is 3.37. The van der Waals surface area contributed by atoms with Crippen LogP contribution in [0.3, 0.4) is 0 Å². The van der Waals surface area contributed by atoms with Crippen molar-refractivity contribution < 1.29 is 23.8 Å². The zero-order chi connectivity index (χ0) is 23.3. The Balaban J connectivity index is 1.51. The van der Waals surface area contributed by atoms with Crippen molar-refractivity contribution in [2.45, 2.75) is 51.4 Å². The first-order chi connectivity index (χ1) is 15.9. The Morgan fingerprint density at radius 2 is 1.06 bits per heavy atom. The van der Waals surface area contributed by atoms with Gasteiger partial charge in [-0.3, -0.25) is 4.79 Å². The van der Waals surface area contributed by atoms with Crippen LogP contribution in [0, 0.1) is 6.92 Å². The predicted molar refractivity (Wildman–Crippen MR) is 126 cm³/mol. The molecule has 0 amide bonds. The van der Waals surface area contributed by atoms with Crippen LogP contribution in [-0.2, 0) is 10.2 Å². The van der Waals surface area contributed by atoms with Gasteiger partial charge in [-0.15, -0.1) is 0 Å². The van der Waals surface area contributed by atoms with Crippen LogP contribution in [0.5, 0.6) is 17.2 Å². The molecule has 3 aromatic rings. The van der Waals surface area contributed by atoms with E-state index in [1.54, 1.807) is 12.1 Å². The average Bonchev–Trinajstić information content (AvgIpc) is 2.81. The van der Waals surface area contributed by atoms with E-state index in [4.69, 9.17) is 14.2 Å². The van der Waals surface area contributed by atoms with Gasteiger partial charge in [0, 0.05) is 12.3 Å². The molecule has 0 saturated heterocycles. The summed E-state index contributed by atoms with van der Waals surface area (Å²) in [5.74, 6) is 1.10. The van der Waals surface area contributed by atoms with Gasteiger partial charge in [0.1, 0.15) is 17.2 Å². The Morgan fingerprint density at radius 3 is 1.52 bits per heavy atom. The highest BCUT2D eigenvalue weighted by Crippen LogP contribution is 2.45. The first-order valence-electron chi connectivity index (χ1n) is 11.3. The second kappa shape index (κ2) is 9.90. The molecule has 170 valence electrons. The molecule has 0 aliphatic heterocycles. The molecule has 1 saturated carbocycles. The molecule has 0 radical (unpaired) electrons. The van der Waals surface area contributed by atoms with Crippen molar-refractivity contribution in [3.8, 4) is 17.2 Å². The normalized spacial score (nSPS) is 14.8. The Hall–Kier alpha value is -3.60. The lowest BCUT2D eigenvalue weighted by atomic mass is 9.65. The molecule has 33 heavy (non-hydrogen) atoms. The summed E-state index contributed by atoms with van der Waals surface area (Å²) in [7, 11) is 0. The van der Waals surface area contributed by atoms with Gasteiger partial charge in [-0.25, -0.2) is 4.79 Å². The van der Waals surface area contributed by atoms with E-state index in [1.807, 2.05) is 67.6 Å². The van der Waals surface area contributed by atoms with E-state index >= 15 is 0 Å². The fraction of sp³-hybridized carbons (Fsp3) is 0.286. The third kappa shape index (κ3) is 5.43. The van der Waals surface area contributed by atoms with E-state index < -0.39 is 6.16 Å². The highest BCUT2D eigenvalue weighted by Gasteiger charge is 2.35. The number of hydrogen-bond acceptors (Lipinski definition) is 5. The maximum Gasteiger partial charge on any atom is 0.519 e. The SMILES string of the molecule is CC(=O)Oc1ccc(C2(c3ccc(OC(=O)Oc4ccc(C)cc4)cc3)CCCCC2)cc1. The second-order valence-corrected chi connectivity index (χ2v) is 8.55. The predicted octanol–water partition coefficient (Wildman–Crippen LogP) is 6.75. The van der Waals surface area contributed by atoms with Gasteiger partial charge in [0.15, 0.2) is 0 Å². The van der Waals surface area contributed by atoms with Crippen LogP contribution < -0.4 is 14.2 Å². The summed E-state index contributed by atoms with van der Waals surface area (Å²) in [5, 5.41) is 0. The number of benzene rings is 3. The monoisotopic (exact) mass is 444 g/mol. The molecule has 0 N–H and O–H groups in total. The van der Waals surface area contributed by atoms with Gasteiger partial charge in [-0.05, 0) is 67.3 Å². The average molecular weight is 445 g/mol. The molecular formula is C28H28O5. The molecule has 1 aliphatic carbocycles. The lowest BCUT2D eigenvalue weighted by molar-refractivity contribution is -0.131. The molecule has 0 spiro atoms. The van der Waals surface area contributed by atoms with Crippen molar-refractivity contribution in [1.29, 1.82) is 0 Å². The number of hydrogen-bond donors (Lipinski definition) is 0. The van der Waals surface area contributed by atoms with Crippen molar-refractivity contribution in [3.05, 3.63) is 89.5 Å². The fourth-order valence-electron chi connectivity index (χ4n) is 4.57. The van der Waals surface area contributed by atoms with Crippen molar-refractivity contribution in [2.24, 2.45) is 0 Å². The van der Waals surface area contributed by atoms with E-state index in [0.29, 0.717) is 17.2 Å². The molecule has 1 fully saturated rings. The van der Waals surface area contributed by atoms with Gasteiger partial charge in [0.05, 0.1) is 0 Å². The zero-order valence-electron chi connectivity index (χ0n) is 19.0. The largest absolute Gasteiger partial charge is 0.519 e. The summed E-state index contributed by atoms with van der Waals surface area (Å²) in [5.41, 5.74) is 3.35.